The molecule has 11 atom stereocenters. The summed E-state index contributed by atoms with van der Waals surface area (Å²) in [4.78, 5) is 12.0. The number of rotatable bonds is 2. The van der Waals surface area contributed by atoms with Crippen LogP contribution in [0.15, 0.2) is 11.6 Å². The van der Waals surface area contributed by atoms with E-state index in [1.165, 1.54) is 5.57 Å². The van der Waals surface area contributed by atoms with Crippen molar-refractivity contribution >= 4 is 5.97 Å². The van der Waals surface area contributed by atoms with Crippen LogP contribution in [0.4, 0.5) is 0 Å². The molecule has 0 heterocycles. The van der Waals surface area contributed by atoms with Crippen molar-refractivity contribution < 1.29 is 25.2 Å². The first-order valence-corrected chi connectivity index (χ1v) is 14.0. The third-order valence-electron chi connectivity index (χ3n) is 13.6. The average molecular weight is 489 g/mol. The summed E-state index contributed by atoms with van der Waals surface area (Å²) in [6.45, 7) is 15.4. The zero-order valence-corrected chi connectivity index (χ0v) is 22.9. The Labute approximate surface area is 211 Å². The highest BCUT2D eigenvalue weighted by molar-refractivity contribution is 5.71. The molecule has 0 spiro atoms. The number of aliphatic carboxylic acids is 1. The third-order valence-corrected chi connectivity index (χ3v) is 13.6. The van der Waals surface area contributed by atoms with Crippen molar-refractivity contribution in [3.05, 3.63) is 11.6 Å². The molecule has 5 rings (SSSR count). The van der Waals surface area contributed by atoms with Crippen LogP contribution >= 0.6 is 0 Å². The molecule has 0 aliphatic heterocycles. The lowest BCUT2D eigenvalue weighted by Gasteiger charge is -2.71. The lowest BCUT2D eigenvalue weighted by Crippen LogP contribution is -2.67. The van der Waals surface area contributed by atoms with Crippen LogP contribution in [0, 0.1) is 50.7 Å². The van der Waals surface area contributed by atoms with E-state index >= 15 is 0 Å². The second-order valence-corrected chi connectivity index (χ2v) is 14.8. The van der Waals surface area contributed by atoms with Gasteiger partial charge in [0.1, 0.15) is 0 Å². The van der Waals surface area contributed by atoms with Crippen molar-refractivity contribution in [3.63, 3.8) is 0 Å². The molecule has 5 aliphatic rings. The number of hydrogen-bond acceptors (Lipinski definition) is 4. The Hall–Kier alpha value is -0.910. The molecule has 5 aliphatic carbocycles. The van der Waals surface area contributed by atoms with E-state index in [9.17, 15) is 25.2 Å². The highest BCUT2D eigenvalue weighted by Gasteiger charge is 2.71. The topological polar surface area (TPSA) is 98.0 Å². The van der Waals surface area contributed by atoms with Crippen LogP contribution in [-0.4, -0.2) is 44.2 Å². The molecular formula is C30H48O5. The van der Waals surface area contributed by atoms with Crippen molar-refractivity contribution in [2.24, 2.45) is 50.7 Å². The van der Waals surface area contributed by atoms with Gasteiger partial charge < -0.3 is 20.4 Å². The Morgan fingerprint density at radius 2 is 1.60 bits per heavy atom. The number of fused-ring (bicyclic) bond motifs is 7. The summed E-state index contributed by atoms with van der Waals surface area (Å²) >= 11 is 0. The Morgan fingerprint density at radius 1 is 0.943 bits per heavy atom. The highest BCUT2D eigenvalue weighted by Crippen LogP contribution is 2.76. The monoisotopic (exact) mass is 488 g/mol. The van der Waals surface area contributed by atoms with Crippen LogP contribution < -0.4 is 0 Å². The van der Waals surface area contributed by atoms with Crippen molar-refractivity contribution in [1.82, 2.24) is 0 Å². The van der Waals surface area contributed by atoms with Gasteiger partial charge in [-0.3, -0.25) is 4.79 Å². The normalized spacial score (nSPS) is 55.6. The molecule has 5 nitrogen and oxygen atoms in total. The average Bonchev–Trinajstić information content (AvgIpc) is 3.04. The number of aliphatic hydroxyl groups is 3. The van der Waals surface area contributed by atoms with Crippen molar-refractivity contribution in [2.75, 3.05) is 0 Å². The molecule has 4 saturated carbocycles. The van der Waals surface area contributed by atoms with Crippen molar-refractivity contribution in [3.8, 4) is 0 Å². The number of carboxylic acid groups (broad SMARTS) is 1. The van der Waals surface area contributed by atoms with Gasteiger partial charge in [-0.25, -0.2) is 0 Å². The highest BCUT2D eigenvalue weighted by atomic mass is 16.4. The molecule has 0 aromatic carbocycles. The summed E-state index contributed by atoms with van der Waals surface area (Å²) in [5.74, 6) is -0.676. The summed E-state index contributed by atoms with van der Waals surface area (Å²) in [6, 6.07) is 0. The molecule has 4 fully saturated rings. The molecule has 0 amide bonds. The lowest BCUT2D eigenvalue weighted by molar-refractivity contribution is -0.232. The first kappa shape index (κ1) is 25.7. The maximum absolute atomic E-state index is 12.0. The van der Waals surface area contributed by atoms with Crippen LogP contribution in [0.1, 0.15) is 99.8 Å². The number of allylic oxidation sites excluding steroid dienone is 2. The van der Waals surface area contributed by atoms with E-state index in [0.717, 1.165) is 38.5 Å². The first-order valence-electron chi connectivity index (χ1n) is 14.0. The molecule has 0 bridgehead atoms. The van der Waals surface area contributed by atoms with Crippen LogP contribution in [-0.2, 0) is 4.79 Å². The second-order valence-electron chi connectivity index (χ2n) is 14.8. The minimum atomic E-state index is -1.18. The van der Waals surface area contributed by atoms with Gasteiger partial charge >= 0.3 is 5.97 Å². The summed E-state index contributed by atoms with van der Waals surface area (Å²) in [7, 11) is 0. The zero-order chi connectivity index (χ0) is 26.0. The van der Waals surface area contributed by atoms with Crippen LogP contribution in [0.5, 0.6) is 0 Å². The molecule has 11 unspecified atom stereocenters. The predicted octanol–water partition coefficient (Wildman–Crippen LogP) is 5.18. The summed E-state index contributed by atoms with van der Waals surface area (Å²) in [5.41, 5.74) is -0.434. The smallest absolute Gasteiger partial charge is 0.309 e. The Balaban J connectivity index is 1.56. The van der Waals surface area contributed by atoms with E-state index in [2.05, 4.69) is 47.6 Å². The molecular weight excluding hydrogens is 440 g/mol. The van der Waals surface area contributed by atoms with Gasteiger partial charge in [0, 0.05) is 5.41 Å². The van der Waals surface area contributed by atoms with E-state index in [1.807, 2.05) is 0 Å². The molecule has 0 saturated heterocycles. The van der Waals surface area contributed by atoms with Crippen LogP contribution in [0.25, 0.3) is 0 Å². The molecule has 5 heteroatoms. The summed E-state index contributed by atoms with van der Waals surface area (Å²) < 4.78 is 0. The SMILES string of the molecule is CC(C(=O)O)C1(O)CCC2C3=CCC4C5(C)CC(O)C(O)C(C)(C)C5CCC4(C)C3(C)CCC21C. The predicted molar refractivity (Wildman–Crippen MR) is 135 cm³/mol. The molecule has 198 valence electrons. The Morgan fingerprint density at radius 3 is 2.23 bits per heavy atom. The molecule has 0 radical (unpaired) electrons. The van der Waals surface area contributed by atoms with Gasteiger partial charge in [0.25, 0.3) is 0 Å². The van der Waals surface area contributed by atoms with E-state index in [1.54, 1.807) is 6.92 Å². The van der Waals surface area contributed by atoms with Gasteiger partial charge in [-0.05, 0) is 97.7 Å². The summed E-state index contributed by atoms with van der Waals surface area (Å²) in [6.07, 6.45) is 8.09. The number of hydrogen-bond donors (Lipinski definition) is 4. The third kappa shape index (κ3) is 2.84. The van der Waals surface area contributed by atoms with Crippen LogP contribution in [0.3, 0.4) is 0 Å². The van der Waals surface area contributed by atoms with Gasteiger partial charge in [0.15, 0.2) is 0 Å². The first-order chi connectivity index (χ1) is 16.0. The minimum absolute atomic E-state index is 0.00303. The van der Waals surface area contributed by atoms with E-state index < -0.39 is 35.1 Å². The fourth-order valence-electron chi connectivity index (χ4n) is 11.2. The number of carboxylic acids is 1. The van der Waals surface area contributed by atoms with Crippen LogP contribution in [0.2, 0.25) is 0 Å². The van der Waals surface area contributed by atoms with Crippen molar-refractivity contribution in [1.29, 1.82) is 0 Å². The number of carbonyl (C=O) groups is 1. The second kappa shape index (κ2) is 7.35. The number of aliphatic hydroxyl groups excluding tert-OH is 2. The van der Waals surface area contributed by atoms with Gasteiger partial charge in [0.2, 0.25) is 0 Å². The maximum atomic E-state index is 12.0. The van der Waals surface area contributed by atoms with E-state index in [-0.39, 0.29) is 27.6 Å². The maximum Gasteiger partial charge on any atom is 0.309 e. The molecule has 35 heavy (non-hydrogen) atoms. The largest absolute Gasteiger partial charge is 0.481 e. The minimum Gasteiger partial charge on any atom is -0.481 e. The zero-order valence-electron chi connectivity index (χ0n) is 22.9. The van der Waals surface area contributed by atoms with Gasteiger partial charge in [-0.15, -0.1) is 0 Å². The summed E-state index contributed by atoms with van der Waals surface area (Å²) in [5, 5.41) is 43.5. The van der Waals surface area contributed by atoms with Gasteiger partial charge in [-0.1, -0.05) is 53.2 Å². The van der Waals surface area contributed by atoms with E-state index in [0.29, 0.717) is 24.7 Å². The lowest BCUT2D eigenvalue weighted by atomic mass is 9.34. The standard InChI is InChI=1S/C30H48O5/c1-17(24(33)34)30(35)13-10-19-18-8-9-22-26(4)16-20(31)23(32)25(2,3)21(26)11-12-29(22,7)27(18,5)14-15-28(19,30)6/h8,17,19-23,31-32,35H,9-16H2,1-7H3,(H,33,34). The van der Waals surface area contributed by atoms with Gasteiger partial charge in [-0.2, -0.15) is 0 Å². The Bertz CT molecular complexity index is 956. The molecule has 4 N–H and O–H groups in total. The Kier molecular flexibility index (Phi) is 5.40. The fraction of sp³-hybridized carbons (Fsp3) is 0.900. The quantitative estimate of drug-likeness (QED) is 0.402. The van der Waals surface area contributed by atoms with E-state index in [4.69, 9.17) is 0 Å². The fourth-order valence-corrected chi connectivity index (χ4v) is 11.2. The van der Waals surface area contributed by atoms with Crippen molar-refractivity contribution in [2.45, 2.75) is 118 Å². The molecule has 0 aromatic rings. The van der Waals surface area contributed by atoms with Gasteiger partial charge in [0.05, 0.1) is 23.7 Å². The molecule has 0 aromatic heterocycles.